The summed E-state index contributed by atoms with van der Waals surface area (Å²) in [7, 11) is 0. The summed E-state index contributed by atoms with van der Waals surface area (Å²) in [5.41, 5.74) is 2.94. The van der Waals surface area contributed by atoms with Crippen molar-refractivity contribution in [1.29, 1.82) is 0 Å². The predicted molar refractivity (Wildman–Crippen MR) is 79.1 cm³/mol. The first-order valence-electron chi connectivity index (χ1n) is 7.08. The quantitative estimate of drug-likeness (QED) is 0.897. The van der Waals surface area contributed by atoms with Crippen molar-refractivity contribution < 1.29 is 9.90 Å². The lowest BCUT2D eigenvalue weighted by atomic mass is 10.0. The van der Waals surface area contributed by atoms with E-state index in [0.717, 1.165) is 36.5 Å². The smallest absolute Gasteiger partial charge is 0.335 e. The number of rotatable bonds is 4. The molecule has 1 aliphatic rings. The zero-order valence-electron chi connectivity index (χ0n) is 11.6. The fourth-order valence-corrected chi connectivity index (χ4v) is 2.61. The Labute approximate surface area is 123 Å². The van der Waals surface area contributed by atoms with E-state index in [1.54, 1.807) is 30.5 Å². The van der Waals surface area contributed by atoms with Gasteiger partial charge in [-0.15, -0.1) is 0 Å². The maximum Gasteiger partial charge on any atom is 0.335 e. The van der Waals surface area contributed by atoms with Gasteiger partial charge in [-0.25, -0.2) is 9.78 Å². The Morgan fingerprint density at radius 3 is 2.76 bits per heavy atom. The monoisotopic (exact) mass is 283 g/mol. The van der Waals surface area contributed by atoms with E-state index in [4.69, 9.17) is 5.11 Å². The number of benzene rings is 1. The van der Waals surface area contributed by atoms with Crippen LogP contribution in [0.4, 0.5) is 0 Å². The predicted octanol–water partition coefficient (Wildman–Crippen LogP) is 1.99. The minimum absolute atomic E-state index is 0.278. The number of aromatic nitrogens is 2. The second-order valence-corrected chi connectivity index (χ2v) is 5.34. The summed E-state index contributed by atoms with van der Waals surface area (Å²) in [4.78, 5) is 19.8. The first kappa shape index (κ1) is 13.7. The third-order valence-corrected chi connectivity index (χ3v) is 3.77. The fraction of sp³-hybridized carbons (Fsp3) is 0.312. The van der Waals surface area contributed by atoms with Gasteiger partial charge in [0.25, 0.3) is 0 Å². The van der Waals surface area contributed by atoms with Crippen molar-refractivity contribution in [2.75, 3.05) is 13.1 Å². The zero-order chi connectivity index (χ0) is 14.7. The Hall–Kier alpha value is -2.27. The minimum Gasteiger partial charge on any atom is -0.478 e. The summed E-state index contributed by atoms with van der Waals surface area (Å²) in [5.74, 6) is -0.293. The third-order valence-electron chi connectivity index (χ3n) is 3.77. The van der Waals surface area contributed by atoms with E-state index in [1.165, 1.54) is 6.42 Å². The van der Waals surface area contributed by atoms with Gasteiger partial charge in [-0.05, 0) is 44.0 Å². The first-order chi connectivity index (χ1) is 10.2. The lowest BCUT2D eigenvalue weighted by molar-refractivity contribution is 0.0697. The summed E-state index contributed by atoms with van der Waals surface area (Å²) in [6.07, 6.45) is 5.64. The van der Waals surface area contributed by atoms with E-state index in [9.17, 15) is 4.79 Å². The summed E-state index contributed by atoms with van der Waals surface area (Å²) in [6.45, 7) is 2.12. The molecule has 5 nitrogen and oxygen atoms in total. The van der Waals surface area contributed by atoms with E-state index < -0.39 is 5.97 Å². The van der Waals surface area contributed by atoms with Crippen LogP contribution in [0.5, 0.6) is 0 Å². The summed E-state index contributed by atoms with van der Waals surface area (Å²) < 4.78 is 0. The number of nitrogens with one attached hydrogen (secondary N) is 1. The molecule has 21 heavy (non-hydrogen) atoms. The number of hydrogen-bond donors (Lipinski definition) is 2. The Kier molecular flexibility index (Phi) is 3.92. The van der Waals surface area contributed by atoms with Crippen LogP contribution in [0.25, 0.3) is 11.3 Å². The summed E-state index contributed by atoms with van der Waals surface area (Å²) >= 11 is 0. The molecular formula is C16H17N3O2. The topological polar surface area (TPSA) is 75.1 Å². The van der Waals surface area contributed by atoms with Gasteiger partial charge in [0.15, 0.2) is 0 Å². The number of carboxylic acids is 1. The van der Waals surface area contributed by atoms with Gasteiger partial charge in [-0.3, -0.25) is 4.98 Å². The molecule has 2 N–H and O–H groups in total. The number of nitrogens with zero attached hydrogens (tertiary/aromatic N) is 2. The molecule has 1 atom stereocenters. The van der Waals surface area contributed by atoms with Gasteiger partial charge in [0, 0.05) is 11.8 Å². The second-order valence-electron chi connectivity index (χ2n) is 5.34. The number of carbonyl (C=O) groups is 1. The SMILES string of the molecule is O=C(O)c1ccc(-c2cncc(C[C@H]3CCNC3)n2)cc1. The fourth-order valence-electron chi connectivity index (χ4n) is 2.61. The number of aromatic carboxylic acids is 1. The van der Waals surface area contributed by atoms with Gasteiger partial charge < -0.3 is 10.4 Å². The Balaban J connectivity index is 1.79. The lowest BCUT2D eigenvalue weighted by Crippen LogP contribution is -2.11. The third kappa shape index (κ3) is 3.25. The highest BCUT2D eigenvalue weighted by atomic mass is 16.4. The standard InChI is InChI=1S/C16H17N3O2/c20-16(21)13-3-1-12(2-4-13)15-10-18-9-14(19-15)7-11-5-6-17-8-11/h1-4,9-11,17H,5-8H2,(H,20,21)/t11-/m1/s1. The first-order valence-corrected chi connectivity index (χ1v) is 7.08. The molecule has 0 spiro atoms. The van der Waals surface area contributed by atoms with Crippen LogP contribution in [-0.2, 0) is 6.42 Å². The van der Waals surface area contributed by atoms with Crippen molar-refractivity contribution in [3.05, 3.63) is 47.9 Å². The van der Waals surface area contributed by atoms with E-state index in [2.05, 4.69) is 15.3 Å². The zero-order valence-corrected chi connectivity index (χ0v) is 11.6. The molecule has 2 heterocycles. The molecule has 0 bridgehead atoms. The maximum atomic E-state index is 10.9. The van der Waals surface area contributed by atoms with Gasteiger partial charge in [-0.1, -0.05) is 12.1 Å². The van der Waals surface area contributed by atoms with Crippen LogP contribution in [0.15, 0.2) is 36.7 Å². The molecule has 5 heteroatoms. The van der Waals surface area contributed by atoms with Crippen molar-refractivity contribution in [2.45, 2.75) is 12.8 Å². The Bertz CT molecular complexity index is 634. The Morgan fingerprint density at radius 2 is 2.10 bits per heavy atom. The molecule has 1 aromatic heterocycles. The highest BCUT2D eigenvalue weighted by Gasteiger charge is 2.16. The van der Waals surface area contributed by atoms with Gasteiger partial charge in [-0.2, -0.15) is 0 Å². The minimum atomic E-state index is -0.921. The van der Waals surface area contributed by atoms with Crippen molar-refractivity contribution in [3.8, 4) is 11.3 Å². The van der Waals surface area contributed by atoms with E-state index >= 15 is 0 Å². The van der Waals surface area contributed by atoms with Gasteiger partial charge in [0.1, 0.15) is 0 Å². The van der Waals surface area contributed by atoms with Crippen LogP contribution >= 0.6 is 0 Å². The van der Waals surface area contributed by atoms with Crippen LogP contribution in [0, 0.1) is 5.92 Å². The molecule has 1 saturated heterocycles. The van der Waals surface area contributed by atoms with E-state index in [-0.39, 0.29) is 5.56 Å². The van der Waals surface area contributed by atoms with Gasteiger partial charge >= 0.3 is 5.97 Å². The van der Waals surface area contributed by atoms with Crippen LogP contribution in [0.1, 0.15) is 22.5 Å². The molecule has 2 aromatic rings. The molecule has 1 aliphatic heterocycles. The lowest BCUT2D eigenvalue weighted by Gasteiger charge is -2.08. The van der Waals surface area contributed by atoms with Crippen molar-refractivity contribution in [3.63, 3.8) is 0 Å². The van der Waals surface area contributed by atoms with E-state index in [1.807, 2.05) is 6.20 Å². The average molecular weight is 283 g/mol. The van der Waals surface area contributed by atoms with Crippen LogP contribution < -0.4 is 5.32 Å². The molecule has 3 rings (SSSR count). The maximum absolute atomic E-state index is 10.9. The van der Waals surface area contributed by atoms with Crippen molar-refractivity contribution >= 4 is 5.97 Å². The number of carboxylic acid groups (broad SMARTS) is 1. The van der Waals surface area contributed by atoms with Gasteiger partial charge in [0.2, 0.25) is 0 Å². The summed E-state index contributed by atoms with van der Waals surface area (Å²) in [5, 5.41) is 12.3. The Morgan fingerprint density at radius 1 is 1.29 bits per heavy atom. The normalized spacial score (nSPS) is 17.8. The van der Waals surface area contributed by atoms with Crippen molar-refractivity contribution in [2.24, 2.45) is 5.92 Å². The molecule has 0 amide bonds. The largest absolute Gasteiger partial charge is 0.478 e. The van der Waals surface area contributed by atoms with E-state index in [0.29, 0.717) is 5.92 Å². The molecule has 0 aliphatic carbocycles. The average Bonchev–Trinajstić information content (AvgIpc) is 3.00. The molecular weight excluding hydrogens is 266 g/mol. The molecule has 108 valence electrons. The van der Waals surface area contributed by atoms with Crippen LogP contribution in [0.3, 0.4) is 0 Å². The molecule has 1 aromatic carbocycles. The van der Waals surface area contributed by atoms with Gasteiger partial charge in [0.05, 0.1) is 23.1 Å². The molecule has 1 fully saturated rings. The molecule has 0 unspecified atom stereocenters. The highest BCUT2D eigenvalue weighted by Crippen LogP contribution is 2.19. The highest BCUT2D eigenvalue weighted by molar-refractivity contribution is 5.88. The van der Waals surface area contributed by atoms with Crippen LogP contribution in [0.2, 0.25) is 0 Å². The van der Waals surface area contributed by atoms with Crippen LogP contribution in [-0.4, -0.2) is 34.1 Å². The van der Waals surface area contributed by atoms with Crippen molar-refractivity contribution in [1.82, 2.24) is 15.3 Å². The molecule has 0 radical (unpaired) electrons. The number of hydrogen-bond acceptors (Lipinski definition) is 4. The summed E-state index contributed by atoms with van der Waals surface area (Å²) in [6, 6.07) is 6.72. The second kappa shape index (κ2) is 6.01. The molecule has 0 saturated carbocycles.